The summed E-state index contributed by atoms with van der Waals surface area (Å²) in [5.74, 6) is 1.33. The second-order valence-electron chi connectivity index (χ2n) is 9.14. The Morgan fingerprint density at radius 3 is 2.13 bits per heavy atom. The maximum atomic E-state index is 11.1. The van der Waals surface area contributed by atoms with Crippen LogP contribution in [0.15, 0.2) is 42.5 Å². The summed E-state index contributed by atoms with van der Waals surface area (Å²) in [5.41, 5.74) is 5.06. The smallest absolute Gasteiger partial charge is 0.150 e. The van der Waals surface area contributed by atoms with Crippen LogP contribution in [0.25, 0.3) is 0 Å². The van der Waals surface area contributed by atoms with E-state index in [9.17, 15) is 4.79 Å². The van der Waals surface area contributed by atoms with E-state index in [-0.39, 0.29) is 10.8 Å². The fourth-order valence-electron chi connectivity index (χ4n) is 4.85. The SMILES string of the molecule is CCC(C)(CC)c1cc(C(CC)(CC)C(C)C)ccc1COc1cccc(C=O)c1. The Labute approximate surface area is 184 Å². The van der Waals surface area contributed by atoms with Crippen LogP contribution in [-0.2, 0) is 17.4 Å². The Kier molecular flexibility index (Phi) is 8.29. The zero-order valence-corrected chi connectivity index (χ0v) is 20.0. The highest BCUT2D eigenvalue weighted by Gasteiger charge is 2.34. The number of aldehydes is 1. The largest absolute Gasteiger partial charge is 0.489 e. The molecule has 2 aromatic carbocycles. The van der Waals surface area contributed by atoms with Crippen LogP contribution in [0.5, 0.6) is 5.75 Å². The lowest BCUT2D eigenvalue weighted by molar-refractivity contribution is 0.112. The van der Waals surface area contributed by atoms with Gasteiger partial charge < -0.3 is 4.74 Å². The normalized spacial score (nSPS) is 12.3. The second-order valence-corrected chi connectivity index (χ2v) is 9.14. The minimum absolute atomic E-state index is 0.115. The molecule has 2 rings (SSSR count). The van der Waals surface area contributed by atoms with Gasteiger partial charge in [-0.05, 0) is 71.3 Å². The third-order valence-corrected chi connectivity index (χ3v) is 7.65. The molecule has 164 valence electrons. The number of rotatable bonds is 11. The summed E-state index contributed by atoms with van der Waals surface area (Å²) in [6, 6.07) is 14.5. The number of carbonyl (C=O) groups is 1. The van der Waals surface area contributed by atoms with Crippen molar-refractivity contribution >= 4 is 6.29 Å². The predicted molar refractivity (Wildman–Crippen MR) is 128 cm³/mol. The maximum absolute atomic E-state index is 11.1. The number of hydrogen-bond donors (Lipinski definition) is 0. The average molecular weight is 409 g/mol. The summed E-state index contributed by atoms with van der Waals surface area (Å²) in [7, 11) is 0. The van der Waals surface area contributed by atoms with Crippen LogP contribution in [-0.4, -0.2) is 6.29 Å². The van der Waals surface area contributed by atoms with Gasteiger partial charge in [0, 0.05) is 5.56 Å². The average Bonchev–Trinajstić information content (AvgIpc) is 2.78. The van der Waals surface area contributed by atoms with E-state index in [2.05, 4.69) is 66.7 Å². The Hall–Kier alpha value is -2.09. The summed E-state index contributed by atoms with van der Waals surface area (Å²) >= 11 is 0. The van der Waals surface area contributed by atoms with E-state index < -0.39 is 0 Å². The minimum atomic E-state index is 0.115. The van der Waals surface area contributed by atoms with Gasteiger partial charge in [-0.25, -0.2) is 0 Å². The van der Waals surface area contributed by atoms with Crippen molar-refractivity contribution < 1.29 is 9.53 Å². The van der Waals surface area contributed by atoms with Crippen molar-refractivity contribution in [3.05, 3.63) is 64.7 Å². The highest BCUT2D eigenvalue weighted by molar-refractivity contribution is 5.75. The van der Waals surface area contributed by atoms with E-state index in [0.717, 1.165) is 37.7 Å². The topological polar surface area (TPSA) is 26.3 Å². The molecular formula is C28H40O2. The van der Waals surface area contributed by atoms with Crippen LogP contribution < -0.4 is 4.74 Å². The van der Waals surface area contributed by atoms with Crippen molar-refractivity contribution in [2.24, 2.45) is 5.92 Å². The van der Waals surface area contributed by atoms with Gasteiger partial charge in [0.05, 0.1) is 0 Å². The minimum Gasteiger partial charge on any atom is -0.489 e. The molecule has 0 saturated heterocycles. The number of benzene rings is 2. The molecule has 30 heavy (non-hydrogen) atoms. The van der Waals surface area contributed by atoms with Crippen LogP contribution in [0.2, 0.25) is 0 Å². The molecule has 0 amide bonds. The van der Waals surface area contributed by atoms with Crippen LogP contribution >= 0.6 is 0 Å². The first kappa shape index (κ1) is 24.2. The molecule has 0 N–H and O–H groups in total. The van der Waals surface area contributed by atoms with Crippen molar-refractivity contribution in [2.45, 2.75) is 91.6 Å². The van der Waals surface area contributed by atoms with Gasteiger partial charge in [-0.3, -0.25) is 4.79 Å². The molecule has 0 aromatic heterocycles. The number of carbonyl (C=O) groups excluding carboxylic acids is 1. The number of hydrogen-bond acceptors (Lipinski definition) is 2. The maximum Gasteiger partial charge on any atom is 0.150 e. The van der Waals surface area contributed by atoms with Gasteiger partial charge >= 0.3 is 0 Å². The molecule has 2 nitrogen and oxygen atoms in total. The lowest BCUT2D eigenvalue weighted by atomic mass is 9.66. The fraction of sp³-hybridized carbons (Fsp3) is 0.536. The van der Waals surface area contributed by atoms with Gasteiger partial charge in [0.1, 0.15) is 18.6 Å². The van der Waals surface area contributed by atoms with Gasteiger partial charge in [0.15, 0.2) is 0 Å². The molecule has 2 heteroatoms. The standard InChI is InChI=1S/C28H40O2/c1-8-27(7,9-2)26-18-24(28(10-3,11-4)21(5)6)16-15-23(26)20-30-25-14-12-13-22(17-25)19-29/h12-19,21H,8-11,20H2,1-7H3. The van der Waals surface area contributed by atoms with Gasteiger partial charge in [0.2, 0.25) is 0 Å². The molecule has 0 atom stereocenters. The summed E-state index contributed by atoms with van der Waals surface area (Å²) in [6.07, 6.45) is 5.33. The zero-order valence-electron chi connectivity index (χ0n) is 20.0. The van der Waals surface area contributed by atoms with Crippen LogP contribution in [0.1, 0.15) is 101 Å². The second kappa shape index (κ2) is 10.3. The first-order valence-electron chi connectivity index (χ1n) is 11.6. The Morgan fingerprint density at radius 1 is 0.933 bits per heavy atom. The fourth-order valence-corrected chi connectivity index (χ4v) is 4.85. The van der Waals surface area contributed by atoms with Gasteiger partial charge in [-0.15, -0.1) is 0 Å². The van der Waals surface area contributed by atoms with E-state index in [0.29, 0.717) is 18.1 Å². The van der Waals surface area contributed by atoms with E-state index in [1.807, 2.05) is 12.1 Å². The lowest BCUT2D eigenvalue weighted by Crippen LogP contribution is -2.32. The van der Waals surface area contributed by atoms with Gasteiger partial charge in [-0.2, -0.15) is 0 Å². The van der Waals surface area contributed by atoms with E-state index >= 15 is 0 Å². The molecule has 0 spiro atoms. The molecule has 2 aromatic rings. The van der Waals surface area contributed by atoms with Gasteiger partial charge in [-0.1, -0.05) is 78.8 Å². The third kappa shape index (κ3) is 4.79. The van der Waals surface area contributed by atoms with Crippen LogP contribution in [0, 0.1) is 5.92 Å². The van der Waals surface area contributed by atoms with Crippen molar-refractivity contribution in [2.75, 3.05) is 0 Å². The molecule has 0 aliphatic heterocycles. The van der Waals surface area contributed by atoms with Crippen molar-refractivity contribution in [1.82, 2.24) is 0 Å². The Balaban J connectivity index is 2.50. The monoisotopic (exact) mass is 408 g/mol. The number of ether oxygens (including phenoxy) is 1. The molecule has 0 fully saturated rings. The highest BCUT2D eigenvalue weighted by atomic mass is 16.5. The van der Waals surface area contributed by atoms with Crippen molar-refractivity contribution in [1.29, 1.82) is 0 Å². The Bertz CT molecular complexity index is 826. The zero-order chi connectivity index (χ0) is 22.4. The van der Waals surface area contributed by atoms with E-state index in [4.69, 9.17) is 4.74 Å². The molecule has 0 heterocycles. The first-order chi connectivity index (χ1) is 14.3. The molecule has 0 unspecified atom stereocenters. The third-order valence-electron chi connectivity index (χ3n) is 7.65. The molecule has 0 bridgehead atoms. The van der Waals surface area contributed by atoms with Crippen molar-refractivity contribution in [3.63, 3.8) is 0 Å². The molecule has 0 aliphatic rings. The lowest BCUT2D eigenvalue weighted by Gasteiger charge is -2.39. The van der Waals surface area contributed by atoms with Crippen LogP contribution in [0.4, 0.5) is 0 Å². The van der Waals surface area contributed by atoms with Crippen molar-refractivity contribution in [3.8, 4) is 5.75 Å². The Morgan fingerprint density at radius 2 is 1.60 bits per heavy atom. The summed E-state index contributed by atoms with van der Waals surface area (Å²) < 4.78 is 6.13. The summed E-state index contributed by atoms with van der Waals surface area (Å²) in [4.78, 5) is 11.1. The van der Waals surface area contributed by atoms with E-state index in [1.54, 1.807) is 12.1 Å². The predicted octanol–water partition coefficient (Wildman–Crippen LogP) is 7.87. The molecule has 0 aliphatic carbocycles. The van der Waals surface area contributed by atoms with Crippen LogP contribution in [0.3, 0.4) is 0 Å². The van der Waals surface area contributed by atoms with E-state index in [1.165, 1.54) is 16.7 Å². The quantitative estimate of drug-likeness (QED) is 0.354. The highest BCUT2D eigenvalue weighted by Crippen LogP contribution is 2.42. The van der Waals surface area contributed by atoms with Gasteiger partial charge in [0.25, 0.3) is 0 Å². The first-order valence-corrected chi connectivity index (χ1v) is 11.6. The molecule has 0 saturated carbocycles. The molecular weight excluding hydrogens is 368 g/mol. The molecule has 0 radical (unpaired) electrons. The summed E-state index contributed by atoms with van der Waals surface area (Å²) in [6.45, 7) is 16.8. The summed E-state index contributed by atoms with van der Waals surface area (Å²) in [5, 5.41) is 0.